The molecule has 1 aliphatic rings. The Morgan fingerprint density at radius 2 is 2.30 bits per heavy atom. The van der Waals surface area contributed by atoms with Crippen molar-refractivity contribution in [2.24, 2.45) is 0 Å². The van der Waals surface area contributed by atoms with Crippen LogP contribution in [0.25, 0.3) is 0 Å². The molecule has 1 amide bonds. The van der Waals surface area contributed by atoms with E-state index in [-0.39, 0.29) is 24.9 Å². The molecule has 1 fully saturated rings. The van der Waals surface area contributed by atoms with Gasteiger partial charge in [0.25, 0.3) is 0 Å². The van der Waals surface area contributed by atoms with Crippen molar-refractivity contribution in [2.45, 2.75) is 5.41 Å². The fourth-order valence-corrected chi connectivity index (χ4v) is 1.46. The Kier molecular flexibility index (Phi) is 2.16. The van der Waals surface area contributed by atoms with Crippen molar-refractivity contribution < 1.29 is 9.18 Å². The molecule has 1 unspecified atom stereocenters. The number of nitrogens with zero attached hydrogens (tertiary/aromatic N) is 1. The van der Waals surface area contributed by atoms with Crippen molar-refractivity contribution in [1.82, 2.24) is 4.90 Å². The van der Waals surface area contributed by atoms with Crippen LogP contribution in [0.4, 0.5) is 4.39 Å². The van der Waals surface area contributed by atoms with E-state index in [1.165, 1.54) is 4.90 Å². The fraction of sp³-hybridized carbons (Fsp3) is 0.800. The van der Waals surface area contributed by atoms with Crippen molar-refractivity contribution in [1.29, 1.82) is 0 Å². The molecule has 0 aliphatic carbocycles. The molecule has 0 bridgehead atoms. The zero-order valence-electron chi connectivity index (χ0n) is 5.31. The Morgan fingerprint density at radius 3 is 2.60 bits per heavy atom. The molecule has 5 heteroatoms. The highest BCUT2D eigenvalue weighted by molar-refractivity contribution is 7.18. The largest absolute Gasteiger partial charge is 0.334 e. The minimum Gasteiger partial charge on any atom is -0.334 e. The molecular weight excluding hydrogens is 175 g/mol. The molecule has 0 radical (unpaired) electrons. The molecule has 1 rings (SSSR count). The molecule has 0 saturated carbocycles. The molecule has 0 aromatic heterocycles. The van der Waals surface area contributed by atoms with Gasteiger partial charge >= 0.3 is 0 Å². The zero-order valence-corrected chi connectivity index (χ0v) is 7.22. The number of hydrogen-bond donors (Lipinski definition) is 0. The Bertz CT molecular complexity index is 156. The molecule has 1 atom stereocenters. The summed E-state index contributed by atoms with van der Waals surface area (Å²) in [5.74, 6) is -0.252. The van der Waals surface area contributed by atoms with Gasteiger partial charge in [-0.15, -0.1) is 11.6 Å². The highest BCUT2D eigenvalue weighted by Crippen LogP contribution is 2.31. The highest BCUT2D eigenvalue weighted by atomic mass is 35.5. The second-order valence-electron chi connectivity index (χ2n) is 2.42. The van der Waals surface area contributed by atoms with E-state index in [1.54, 1.807) is 0 Å². The van der Waals surface area contributed by atoms with E-state index < -0.39 is 5.41 Å². The third-order valence-corrected chi connectivity index (χ3v) is 1.97. The van der Waals surface area contributed by atoms with Crippen molar-refractivity contribution in [3.05, 3.63) is 0 Å². The second kappa shape index (κ2) is 2.63. The first-order chi connectivity index (χ1) is 4.55. The number of rotatable bonds is 1. The number of hydrogen-bond acceptors (Lipinski definition) is 1. The van der Waals surface area contributed by atoms with Gasteiger partial charge in [-0.2, -0.15) is 0 Å². The number of carbonyl (C=O) groups excluding carboxylic acids is 1. The van der Waals surface area contributed by atoms with Gasteiger partial charge in [-0.3, -0.25) is 4.79 Å². The van der Waals surface area contributed by atoms with Crippen LogP contribution in [0.1, 0.15) is 0 Å². The summed E-state index contributed by atoms with van der Waals surface area (Å²) < 4.78 is 12.7. The lowest BCUT2D eigenvalue weighted by Gasteiger charge is -2.41. The number of amides is 1. The van der Waals surface area contributed by atoms with Crippen molar-refractivity contribution in [2.75, 3.05) is 19.0 Å². The van der Waals surface area contributed by atoms with Crippen LogP contribution in [0.3, 0.4) is 0 Å². The van der Waals surface area contributed by atoms with Crippen LogP contribution in [0.5, 0.6) is 0 Å². The van der Waals surface area contributed by atoms with Crippen LogP contribution in [0.2, 0.25) is 0 Å². The summed E-state index contributed by atoms with van der Waals surface area (Å²) in [6, 6.07) is 0. The minimum atomic E-state index is -1.26. The lowest BCUT2D eigenvalue weighted by molar-refractivity contribution is -0.136. The first kappa shape index (κ1) is 8.22. The number of halogens is 2. The van der Waals surface area contributed by atoms with Gasteiger partial charge in [0, 0.05) is 0 Å². The third kappa shape index (κ3) is 1.58. The quantitative estimate of drug-likeness (QED) is 0.431. The third-order valence-electron chi connectivity index (χ3n) is 1.37. The SMILES string of the molecule is O=C(CCl)N1CC(F)(P)C1. The summed E-state index contributed by atoms with van der Waals surface area (Å²) in [6.07, 6.45) is 0. The lowest BCUT2D eigenvalue weighted by atomic mass is 10.2. The van der Waals surface area contributed by atoms with Crippen molar-refractivity contribution >= 4 is 26.7 Å². The zero-order chi connectivity index (χ0) is 7.78. The molecular formula is C5H8ClFNOP. The molecule has 0 aromatic rings. The predicted octanol–water partition coefficient (Wildman–Crippen LogP) is 0.608. The van der Waals surface area contributed by atoms with Crippen LogP contribution in [0.15, 0.2) is 0 Å². The van der Waals surface area contributed by atoms with Gasteiger partial charge in [0.05, 0.1) is 13.1 Å². The highest BCUT2D eigenvalue weighted by Gasteiger charge is 2.41. The maximum absolute atomic E-state index is 12.7. The molecule has 1 heterocycles. The summed E-state index contributed by atoms with van der Waals surface area (Å²) in [4.78, 5) is 12.1. The monoisotopic (exact) mass is 183 g/mol. The van der Waals surface area contributed by atoms with E-state index in [4.69, 9.17) is 11.6 Å². The maximum Gasteiger partial charge on any atom is 0.237 e. The fourth-order valence-electron chi connectivity index (χ4n) is 0.849. The van der Waals surface area contributed by atoms with Gasteiger partial charge in [-0.25, -0.2) is 4.39 Å². The van der Waals surface area contributed by atoms with E-state index >= 15 is 0 Å². The average Bonchev–Trinajstić information content (AvgIpc) is 1.81. The predicted molar refractivity (Wildman–Crippen MR) is 40.8 cm³/mol. The van der Waals surface area contributed by atoms with E-state index in [9.17, 15) is 9.18 Å². The lowest BCUT2D eigenvalue weighted by Crippen LogP contribution is -2.57. The van der Waals surface area contributed by atoms with E-state index in [2.05, 4.69) is 9.24 Å². The summed E-state index contributed by atoms with van der Waals surface area (Å²) in [7, 11) is 2.06. The van der Waals surface area contributed by atoms with Gasteiger partial charge in [-0.1, -0.05) is 9.24 Å². The van der Waals surface area contributed by atoms with Gasteiger partial charge in [0.1, 0.15) is 5.88 Å². The Labute approximate surface area is 65.9 Å². The van der Waals surface area contributed by atoms with Crippen LogP contribution in [-0.2, 0) is 4.79 Å². The molecule has 0 aromatic carbocycles. The molecule has 10 heavy (non-hydrogen) atoms. The van der Waals surface area contributed by atoms with Crippen molar-refractivity contribution in [3.8, 4) is 0 Å². The van der Waals surface area contributed by atoms with Crippen LogP contribution >= 0.6 is 20.8 Å². The Balaban J connectivity index is 2.33. The minimum absolute atomic E-state index is 0.0548. The Hall–Kier alpha value is 0.120. The summed E-state index contributed by atoms with van der Waals surface area (Å²) >= 11 is 5.23. The first-order valence-electron chi connectivity index (χ1n) is 2.87. The number of likely N-dealkylation sites (tertiary alicyclic amines) is 1. The average molecular weight is 184 g/mol. The molecule has 1 aliphatic heterocycles. The summed E-state index contributed by atoms with van der Waals surface area (Å²) in [6.45, 7) is 0.312. The smallest absolute Gasteiger partial charge is 0.237 e. The topological polar surface area (TPSA) is 20.3 Å². The standard InChI is InChI=1S/C5H8ClFNOP/c6-1-4(9)8-2-5(7,10)3-8/h1-3,10H2. The van der Waals surface area contributed by atoms with Gasteiger partial charge in [0.2, 0.25) is 5.91 Å². The first-order valence-corrected chi connectivity index (χ1v) is 3.98. The van der Waals surface area contributed by atoms with Crippen LogP contribution in [0, 0.1) is 0 Å². The van der Waals surface area contributed by atoms with E-state index in [0.717, 1.165) is 0 Å². The molecule has 2 nitrogen and oxygen atoms in total. The Morgan fingerprint density at radius 1 is 1.80 bits per heavy atom. The van der Waals surface area contributed by atoms with Crippen LogP contribution in [-0.4, -0.2) is 35.2 Å². The van der Waals surface area contributed by atoms with Gasteiger partial charge in [-0.05, 0) is 0 Å². The molecule has 58 valence electrons. The summed E-state index contributed by atoms with van der Waals surface area (Å²) in [5.41, 5.74) is 0. The number of alkyl halides is 2. The normalized spacial score (nSPS) is 22.1. The molecule has 0 N–H and O–H groups in total. The van der Waals surface area contributed by atoms with E-state index in [1.807, 2.05) is 0 Å². The molecule has 1 saturated heterocycles. The summed E-state index contributed by atoms with van der Waals surface area (Å²) in [5, 5.41) is -1.26. The van der Waals surface area contributed by atoms with Crippen LogP contribution < -0.4 is 0 Å². The van der Waals surface area contributed by atoms with E-state index in [0.29, 0.717) is 0 Å². The molecule has 0 spiro atoms. The van der Waals surface area contributed by atoms with Crippen molar-refractivity contribution in [3.63, 3.8) is 0 Å². The maximum atomic E-state index is 12.7. The van der Waals surface area contributed by atoms with Gasteiger partial charge in [0.15, 0.2) is 5.41 Å². The van der Waals surface area contributed by atoms with Gasteiger partial charge < -0.3 is 4.90 Å². The second-order valence-corrected chi connectivity index (χ2v) is 3.72. The number of carbonyl (C=O) groups is 1.